The smallest absolute Gasteiger partial charge is 0.267 e. The van der Waals surface area contributed by atoms with Crippen molar-refractivity contribution in [2.75, 3.05) is 13.7 Å². The second-order valence-electron chi connectivity index (χ2n) is 6.49. The van der Waals surface area contributed by atoms with Gasteiger partial charge in [-0.15, -0.1) is 0 Å². The Bertz CT molecular complexity index is 1010. The van der Waals surface area contributed by atoms with Crippen LogP contribution in [0, 0.1) is 6.92 Å². The number of aromatic nitrogens is 2. The molecule has 0 unspecified atom stereocenters. The molecule has 0 saturated heterocycles. The summed E-state index contributed by atoms with van der Waals surface area (Å²) in [5, 5.41) is 7.16. The second-order valence-corrected chi connectivity index (χ2v) is 6.49. The Morgan fingerprint density at radius 1 is 1.07 bits per heavy atom. The molecule has 0 bridgehead atoms. The van der Waals surface area contributed by atoms with Crippen molar-refractivity contribution in [3.05, 3.63) is 82.1 Å². The topological polar surface area (TPSA) is 73.2 Å². The number of carbonyl (C=O) groups excluding carboxylic acids is 1. The van der Waals surface area contributed by atoms with Crippen LogP contribution < -0.4 is 15.6 Å². The molecule has 1 N–H and O–H groups in total. The number of para-hydroxylation sites is 1. The SMILES string of the molecule is COc1ccccc1CCNC(=O)Cn1nc(-c2ccc(C)cc2)ccc1=O. The summed E-state index contributed by atoms with van der Waals surface area (Å²) in [5.41, 5.74) is 3.40. The van der Waals surface area contributed by atoms with E-state index in [2.05, 4.69) is 10.4 Å². The van der Waals surface area contributed by atoms with E-state index in [1.807, 2.05) is 55.5 Å². The second kappa shape index (κ2) is 8.99. The Balaban J connectivity index is 1.63. The normalized spacial score (nSPS) is 10.5. The molecule has 3 aromatic rings. The van der Waals surface area contributed by atoms with Crippen molar-refractivity contribution in [1.29, 1.82) is 0 Å². The number of amides is 1. The summed E-state index contributed by atoms with van der Waals surface area (Å²) in [6.45, 7) is 2.34. The van der Waals surface area contributed by atoms with Crippen LogP contribution in [0.25, 0.3) is 11.3 Å². The molecule has 144 valence electrons. The zero-order chi connectivity index (χ0) is 19.9. The lowest BCUT2D eigenvalue weighted by molar-refractivity contribution is -0.121. The molecule has 0 atom stereocenters. The highest BCUT2D eigenvalue weighted by atomic mass is 16.5. The molecule has 1 amide bonds. The largest absolute Gasteiger partial charge is 0.496 e. The third kappa shape index (κ3) is 4.85. The van der Waals surface area contributed by atoms with E-state index in [-0.39, 0.29) is 18.0 Å². The number of carbonyl (C=O) groups is 1. The Kier molecular flexibility index (Phi) is 6.22. The predicted octanol–water partition coefficient (Wildman–Crippen LogP) is 2.59. The highest BCUT2D eigenvalue weighted by molar-refractivity contribution is 5.75. The fraction of sp³-hybridized carbons (Fsp3) is 0.227. The van der Waals surface area contributed by atoms with E-state index < -0.39 is 0 Å². The summed E-state index contributed by atoms with van der Waals surface area (Å²) in [7, 11) is 1.62. The third-order valence-corrected chi connectivity index (χ3v) is 4.42. The summed E-state index contributed by atoms with van der Waals surface area (Å²) < 4.78 is 6.50. The van der Waals surface area contributed by atoms with Crippen LogP contribution in [0.5, 0.6) is 5.75 Å². The molecule has 3 rings (SSSR count). The molecule has 6 nitrogen and oxygen atoms in total. The van der Waals surface area contributed by atoms with Crippen LogP contribution in [0.4, 0.5) is 0 Å². The molecular weight excluding hydrogens is 354 g/mol. The van der Waals surface area contributed by atoms with Crippen LogP contribution >= 0.6 is 0 Å². The molecule has 0 spiro atoms. The first kappa shape index (κ1) is 19.4. The average molecular weight is 377 g/mol. The van der Waals surface area contributed by atoms with Gasteiger partial charge in [-0.1, -0.05) is 48.0 Å². The number of hydrogen-bond acceptors (Lipinski definition) is 4. The number of aryl methyl sites for hydroxylation is 1. The van der Waals surface area contributed by atoms with E-state index in [1.54, 1.807) is 13.2 Å². The lowest BCUT2D eigenvalue weighted by Crippen LogP contribution is -2.34. The van der Waals surface area contributed by atoms with E-state index in [0.29, 0.717) is 18.7 Å². The van der Waals surface area contributed by atoms with Gasteiger partial charge in [0.1, 0.15) is 12.3 Å². The van der Waals surface area contributed by atoms with Crippen LogP contribution in [0.2, 0.25) is 0 Å². The van der Waals surface area contributed by atoms with Crippen LogP contribution in [-0.2, 0) is 17.8 Å². The molecule has 1 aromatic heterocycles. The Hall–Kier alpha value is -3.41. The summed E-state index contributed by atoms with van der Waals surface area (Å²) >= 11 is 0. The van der Waals surface area contributed by atoms with Gasteiger partial charge in [-0.05, 0) is 31.0 Å². The number of ether oxygens (including phenoxy) is 1. The van der Waals surface area contributed by atoms with Crippen LogP contribution in [0.3, 0.4) is 0 Å². The third-order valence-electron chi connectivity index (χ3n) is 4.42. The summed E-state index contributed by atoms with van der Waals surface area (Å²) in [6.07, 6.45) is 0.640. The maximum absolute atomic E-state index is 12.3. The summed E-state index contributed by atoms with van der Waals surface area (Å²) in [5.74, 6) is 0.533. The van der Waals surface area contributed by atoms with Gasteiger partial charge in [0.15, 0.2) is 0 Å². The van der Waals surface area contributed by atoms with Gasteiger partial charge in [0.25, 0.3) is 5.56 Å². The van der Waals surface area contributed by atoms with Crippen molar-refractivity contribution in [1.82, 2.24) is 15.1 Å². The fourth-order valence-electron chi connectivity index (χ4n) is 2.88. The number of nitrogens with zero attached hydrogens (tertiary/aromatic N) is 2. The standard InChI is InChI=1S/C22H23N3O3/c1-16-7-9-17(10-8-16)19-11-12-22(27)25(24-19)15-21(26)23-14-13-18-5-3-4-6-20(18)28-2/h3-12H,13-15H2,1-2H3,(H,23,26). The number of rotatable bonds is 7. The van der Waals surface area contributed by atoms with Crippen molar-refractivity contribution in [3.63, 3.8) is 0 Å². The highest BCUT2D eigenvalue weighted by Gasteiger charge is 2.09. The summed E-state index contributed by atoms with van der Waals surface area (Å²) in [4.78, 5) is 24.3. The number of benzene rings is 2. The Morgan fingerprint density at radius 2 is 1.82 bits per heavy atom. The van der Waals surface area contributed by atoms with E-state index in [4.69, 9.17) is 4.74 Å². The first-order chi connectivity index (χ1) is 13.6. The van der Waals surface area contributed by atoms with E-state index in [9.17, 15) is 9.59 Å². The highest BCUT2D eigenvalue weighted by Crippen LogP contribution is 2.17. The van der Waals surface area contributed by atoms with Gasteiger partial charge < -0.3 is 10.1 Å². The molecule has 6 heteroatoms. The molecule has 0 radical (unpaired) electrons. The van der Waals surface area contributed by atoms with Crippen LogP contribution in [0.15, 0.2) is 65.5 Å². The minimum atomic E-state index is -0.309. The van der Waals surface area contributed by atoms with Gasteiger partial charge in [0, 0.05) is 18.2 Å². The number of methoxy groups -OCH3 is 1. The van der Waals surface area contributed by atoms with Gasteiger partial charge in [-0.25, -0.2) is 4.68 Å². The molecule has 1 heterocycles. The quantitative estimate of drug-likeness (QED) is 0.687. The first-order valence-corrected chi connectivity index (χ1v) is 9.10. The zero-order valence-corrected chi connectivity index (χ0v) is 16.0. The van der Waals surface area contributed by atoms with Crippen molar-refractivity contribution >= 4 is 5.91 Å². The fourth-order valence-corrected chi connectivity index (χ4v) is 2.88. The molecule has 0 fully saturated rings. The molecular formula is C22H23N3O3. The lowest BCUT2D eigenvalue weighted by Gasteiger charge is -2.10. The number of nitrogens with one attached hydrogen (secondary N) is 1. The lowest BCUT2D eigenvalue weighted by atomic mass is 10.1. The maximum Gasteiger partial charge on any atom is 0.267 e. The summed E-state index contributed by atoms with van der Waals surface area (Å²) in [6, 6.07) is 18.6. The van der Waals surface area contributed by atoms with Crippen molar-refractivity contribution < 1.29 is 9.53 Å². The molecule has 0 aliphatic heterocycles. The molecule has 0 aliphatic rings. The van der Waals surface area contributed by atoms with Gasteiger partial charge in [0.05, 0.1) is 12.8 Å². The van der Waals surface area contributed by atoms with Crippen molar-refractivity contribution in [2.45, 2.75) is 19.9 Å². The van der Waals surface area contributed by atoms with Crippen molar-refractivity contribution in [3.8, 4) is 17.0 Å². The van der Waals surface area contributed by atoms with Crippen LogP contribution in [-0.4, -0.2) is 29.3 Å². The van der Waals surface area contributed by atoms with Gasteiger partial charge >= 0.3 is 0 Å². The number of hydrogen-bond donors (Lipinski definition) is 1. The monoisotopic (exact) mass is 377 g/mol. The minimum Gasteiger partial charge on any atom is -0.496 e. The van der Waals surface area contributed by atoms with Crippen LogP contribution in [0.1, 0.15) is 11.1 Å². The van der Waals surface area contributed by atoms with Gasteiger partial charge in [-0.3, -0.25) is 9.59 Å². The first-order valence-electron chi connectivity index (χ1n) is 9.10. The van der Waals surface area contributed by atoms with Gasteiger partial charge in [0.2, 0.25) is 5.91 Å². The van der Waals surface area contributed by atoms with E-state index in [1.165, 1.54) is 10.7 Å². The van der Waals surface area contributed by atoms with E-state index in [0.717, 1.165) is 22.4 Å². The van der Waals surface area contributed by atoms with E-state index >= 15 is 0 Å². The molecule has 28 heavy (non-hydrogen) atoms. The van der Waals surface area contributed by atoms with Gasteiger partial charge in [-0.2, -0.15) is 5.10 Å². The minimum absolute atomic E-state index is 0.121. The Morgan fingerprint density at radius 3 is 2.57 bits per heavy atom. The molecule has 0 saturated carbocycles. The Labute approximate surface area is 163 Å². The maximum atomic E-state index is 12.3. The van der Waals surface area contributed by atoms with Crippen molar-refractivity contribution in [2.24, 2.45) is 0 Å². The average Bonchev–Trinajstić information content (AvgIpc) is 2.70. The molecule has 2 aromatic carbocycles. The molecule has 0 aliphatic carbocycles. The predicted molar refractivity (Wildman–Crippen MR) is 108 cm³/mol. The zero-order valence-electron chi connectivity index (χ0n) is 16.0.